The van der Waals surface area contributed by atoms with Crippen LogP contribution in [0.1, 0.15) is 29.4 Å². The van der Waals surface area contributed by atoms with Gasteiger partial charge in [-0.1, -0.05) is 6.07 Å². The smallest absolute Gasteiger partial charge is 0.261 e. The van der Waals surface area contributed by atoms with Crippen molar-refractivity contribution < 1.29 is 9.59 Å². The molecule has 3 saturated heterocycles. The monoisotopic (exact) mass is 307 g/mol. The molecular weight excluding hydrogens is 286 g/mol. The maximum absolute atomic E-state index is 12.6. The summed E-state index contributed by atoms with van der Waals surface area (Å²) in [6, 6.07) is 3.50. The minimum atomic E-state index is -0.466. The van der Waals surface area contributed by atoms with E-state index < -0.39 is 6.04 Å². The summed E-state index contributed by atoms with van der Waals surface area (Å²) in [5.74, 6) is -0.109. The van der Waals surface area contributed by atoms with Gasteiger partial charge in [-0.3, -0.25) is 9.59 Å². The first-order valence-corrected chi connectivity index (χ1v) is 8.40. The summed E-state index contributed by atoms with van der Waals surface area (Å²) >= 11 is 1.39. The van der Waals surface area contributed by atoms with Gasteiger partial charge in [-0.05, 0) is 31.2 Å². The van der Waals surface area contributed by atoms with Crippen LogP contribution in [0.3, 0.4) is 0 Å². The highest BCUT2D eigenvalue weighted by Crippen LogP contribution is 2.21. The van der Waals surface area contributed by atoms with Crippen LogP contribution in [0.5, 0.6) is 0 Å². The molecule has 5 nitrogen and oxygen atoms in total. The molecule has 0 unspecified atom stereocenters. The molecule has 3 aliphatic rings. The molecule has 3 fully saturated rings. The number of carbonyl (C=O) groups is 2. The number of rotatable bonds is 3. The molecule has 2 amide bonds. The maximum Gasteiger partial charge on any atom is 0.261 e. The van der Waals surface area contributed by atoms with Crippen LogP contribution in [0.15, 0.2) is 17.5 Å². The molecule has 6 heteroatoms. The molecule has 0 aromatic carbocycles. The summed E-state index contributed by atoms with van der Waals surface area (Å²) < 4.78 is 0. The zero-order valence-corrected chi connectivity index (χ0v) is 13.1. The van der Waals surface area contributed by atoms with Crippen LogP contribution in [0.2, 0.25) is 0 Å². The molecule has 4 heterocycles. The third kappa shape index (κ3) is 3.11. The largest absolute Gasteiger partial charge is 0.340 e. The predicted octanol–water partition coefficient (Wildman–Crippen LogP) is 1.17. The average Bonchev–Trinajstić information content (AvgIpc) is 2.88. The zero-order valence-electron chi connectivity index (χ0n) is 12.2. The van der Waals surface area contributed by atoms with Crippen LogP contribution in [-0.4, -0.2) is 59.9 Å². The van der Waals surface area contributed by atoms with Gasteiger partial charge in [0.25, 0.3) is 5.91 Å². The van der Waals surface area contributed by atoms with E-state index in [2.05, 4.69) is 10.2 Å². The van der Waals surface area contributed by atoms with Gasteiger partial charge in [0.15, 0.2) is 0 Å². The molecule has 1 atom stereocenters. The van der Waals surface area contributed by atoms with Gasteiger partial charge in [0.05, 0.1) is 4.88 Å². The normalized spacial score (nSPS) is 26.2. The summed E-state index contributed by atoms with van der Waals surface area (Å²) in [7, 11) is 0. The van der Waals surface area contributed by atoms with Crippen molar-refractivity contribution in [2.24, 2.45) is 0 Å². The first-order valence-electron chi connectivity index (χ1n) is 7.52. The van der Waals surface area contributed by atoms with Crippen LogP contribution in [0.4, 0.5) is 0 Å². The number of nitrogens with one attached hydrogen (secondary N) is 1. The van der Waals surface area contributed by atoms with Gasteiger partial charge in [-0.15, -0.1) is 11.3 Å². The fraction of sp³-hybridized carbons (Fsp3) is 0.600. The second-order valence-electron chi connectivity index (χ2n) is 5.78. The van der Waals surface area contributed by atoms with E-state index in [9.17, 15) is 9.59 Å². The van der Waals surface area contributed by atoms with Gasteiger partial charge >= 0.3 is 0 Å². The Labute approximate surface area is 128 Å². The Morgan fingerprint density at radius 3 is 2.71 bits per heavy atom. The number of hydrogen-bond donors (Lipinski definition) is 1. The highest BCUT2D eigenvalue weighted by molar-refractivity contribution is 7.12. The SMILES string of the molecule is C[C@@H](NC(=O)c1cccs1)C(=O)N1CCN2CCC1CC2. The fourth-order valence-corrected chi connectivity index (χ4v) is 3.79. The van der Waals surface area contributed by atoms with Crippen molar-refractivity contribution in [3.05, 3.63) is 22.4 Å². The number of carbonyl (C=O) groups excluding carboxylic acids is 2. The summed E-state index contributed by atoms with van der Waals surface area (Å²) in [4.78, 5) is 29.7. The highest BCUT2D eigenvalue weighted by atomic mass is 32.1. The molecule has 0 spiro atoms. The second kappa shape index (κ2) is 6.15. The molecule has 1 N–H and O–H groups in total. The van der Waals surface area contributed by atoms with Crippen molar-refractivity contribution in [1.82, 2.24) is 15.1 Å². The molecule has 2 bridgehead atoms. The van der Waals surface area contributed by atoms with Crippen molar-refractivity contribution in [3.8, 4) is 0 Å². The maximum atomic E-state index is 12.6. The van der Waals surface area contributed by atoms with Crippen molar-refractivity contribution >= 4 is 23.2 Å². The van der Waals surface area contributed by atoms with Gasteiger partial charge in [0.2, 0.25) is 5.91 Å². The first-order chi connectivity index (χ1) is 10.1. The molecular formula is C15H21N3O2S. The predicted molar refractivity (Wildman–Crippen MR) is 82.4 cm³/mol. The highest BCUT2D eigenvalue weighted by Gasteiger charge is 2.34. The number of amides is 2. The lowest BCUT2D eigenvalue weighted by molar-refractivity contribution is -0.134. The van der Waals surface area contributed by atoms with Crippen LogP contribution in [0, 0.1) is 0 Å². The molecule has 4 rings (SSSR count). The summed E-state index contributed by atoms with van der Waals surface area (Å²) in [5, 5.41) is 4.69. The fourth-order valence-electron chi connectivity index (χ4n) is 3.16. The minimum absolute atomic E-state index is 0.0497. The van der Waals surface area contributed by atoms with Crippen molar-refractivity contribution in [1.29, 1.82) is 0 Å². The molecule has 3 aliphatic heterocycles. The van der Waals surface area contributed by atoms with E-state index in [0.717, 1.165) is 39.0 Å². The Kier molecular flexibility index (Phi) is 4.26. The quantitative estimate of drug-likeness (QED) is 0.912. The van der Waals surface area contributed by atoms with Gasteiger partial charge in [0, 0.05) is 32.2 Å². The van der Waals surface area contributed by atoms with Crippen molar-refractivity contribution in [2.45, 2.75) is 31.8 Å². The third-order valence-corrected chi connectivity index (χ3v) is 5.27. The van der Waals surface area contributed by atoms with Crippen LogP contribution in [0.25, 0.3) is 0 Å². The Morgan fingerprint density at radius 1 is 1.29 bits per heavy atom. The lowest BCUT2D eigenvalue weighted by Gasteiger charge is -2.33. The van der Waals surface area contributed by atoms with E-state index >= 15 is 0 Å². The van der Waals surface area contributed by atoms with Crippen molar-refractivity contribution in [2.75, 3.05) is 26.2 Å². The number of thiophene rings is 1. The van der Waals surface area contributed by atoms with E-state index in [1.54, 1.807) is 13.0 Å². The molecule has 1 aromatic rings. The number of hydrogen-bond acceptors (Lipinski definition) is 4. The molecule has 0 radical (unpaired) electrons. The Bertz CT molecular complexity index is 509. The Morgan fingerprint density at radius 2 is 2.05 bits per heavy atom. The Hall–Kier alpha value is -1.40. The number of nitrogens with zero attached hydrogens (tertiary/aromatic N) is 2. The topological polar surface area (TPSA) is 52.7 Å². The van der Waals surface area contributed by atoms with Gasteiger partial charge in [0.1, 0.15) is 6.04 Å². The van der Waals surface area contributed by atoms with E-state index in [1.165, 1.54) is 11.3 Å². The number of fused-ring (bicyclic) bond motifs is 4. The standard InChI is InChI=1S/C15H21N3O2S/c1-11(16-14(19)13-3-2-10-21-13)15(20)18-9-8-17-6-4-12(18)5-7-17/h2-3,10-12H,4-9H2,1H3,(H,16,19)/t11-/m1/s1. The number of piperidine rings is 1. The van der Waals surface area contributed by atoms with Crippen LogP contribution < -0.4 is 5.32 Å². The van der Waals surface area contributed by atoms with E-state index in [-0.39, 0.29) is 11.8 Å². The van der Waals surface area contributed by atoms with Gasteiger partial charge < -0.3 is 15.1 Å². The van der Waals surface area contributed by atoms with Crippen molar-refractivity contribution in [3.63, 3.8) is 0 Å². The molecule has 0 aliphatic carbocycles. The average molecular weight is 307 g/mol. The van der Waals surface area contributed by atoms with Gasteiger partial charge in [-0.2, -0.15) is 0 Å². The summed E-state index contributed by atoms with van der Waals surface area (Å²) in [6.07, 6.45) is 2.11. The Balaban J connectivity index is 1.62. The molecule has 114 valence electrons. The van der Waals surface area contributed by atoms with Crippen LogP contribution in [-0.2, 0) is 4.79 Å². The minimum Gasteiger partial charge on any atom is -0.340 e. The third-order valence-electron chi connectivity index (χ3n) is 4.40. The van der Waals surface area contributed by atoms with Gasteiger partial charge in [-0.25, -0.2) is 0 Å². The van der Waals surface area contributed by atoms with E-state index in [0.29, 0.717) is 10.9 Å². The molecule has 0 saturated carbocycles. The summed E-state index contributed by atoms with van der Waals surface area (Å²) in [5.41, 5.74) is 0. The zero-order chi connectivity index (χ0) is 14.8. The van der Waals surface area contributed by atoms with E-state index in [4.69, 9.17) is 0 Å². The molecule has 1 aromatic heterocycles. The van der Waals surface area contributed by atoms with E-state index in [1.807, 2.05) is 16.3 Å². The molecule has 21 heavy (non-hydrogen) atoms. The lowest BCUT2D eigenvalue weighted by Crippen LogP contribution is -2.50. The summed E-state index contributed by atoms with van der Waals surface area (Å²) in [6.45, 7) is 5.69. The van der Waals surface area contributed by atoms with Crippen LogP contribution >= 0.6 is 11.3 Å². The lowest BCUT2D eigenvalue weighted by atomic mass is 10.0. The first kappa shape index (κ1) is 14.5. The second-order valence-corrected chi connectivity index (χ2v) is 6.72.